The van der Waals surface area contributed by atoms with Crippen molar-refractivity contribution in [2.75, 3.05) is 33.2 Å². The second-order valence-corrected chi connectivity index (χ2v) is 4.88. The van der Waals surface area contributed by atoms with Gasteiger partial charge in [-0.2, -0.15) is 0 Å². The Morgan fingerprint density at radius 1 is 1.33 bits per heavy atom. The maximum atomic E-state index is 10.8. The van der Waals surface area contributed by atoms with E-state index in [1.807, 2.05) is 0 Å². The highest BCUT2D eigenvalue weighted by atomic mass is 16.4. The molecule has 0 spiro atoms. The predicted octanol–water partition coefficient (Wildman–Crippen LogP) is 1.68. The third-order valence-corrected chi connectivity index (χ3v) is 3.55. The Morgan fingerprint density at radius 3 is 2.78 bits per heavy atom. The van der Waals surface area contributed by atoms with E-state index in [4.69, 9.17) is 9.52 Å². The highest BCUT2D eigenvalue weighted by molar-refractivity contribution is 5.84. The molecular formula is C13H20N2O3. The van der Waals surface area contributed by atoms with Gasteiger partial charge in [0.2, 0.25) is 5.76 Å². The van der Waals surface area contributed by atoms with E-state index >= 15 is 0 Å². The minimum Gasteiger partial charge on any atom is -0.475 e. The number of hydrogen-bond donors (Lipinski definition) is 1. The van der Waals surface area contributed by atoms with Gasteiger partial charge in [0.25, 0.3) is 0 Å². The lowest BCUT2D eigenvalue weighted by atomic mass is 10.2. The Bertz CT molecular complexity index is 416. The Morgan fingerprint density at radius 2 is 2.11 bits per heavy atom. The smallest absolute Gasteiger partial charge is 0.371 e. The maximum Gasteiger partial charge on any atom is 0.371 e. The minimum absolute atomic E-state index is 0.0174. The number of hydrogen-bond acceptors (Lipinski definition) is 4. The standard InChI is InChI=1S/C13H20N2O3/c1-10(11-4-5-12(18-11)13(16)17)15-7-3-6-14(2)8-9-15/h4-5,10H,3,6-9H2,1-2H3,(H,16,17). The molecule has 0 radical (unpaired) electrons. The van der Waals surface area contributed by atoms with Gasteiger partial charge in [0.05, 0.1) is 6.04 Å². The zero-order valence-corrected chi connectivity index (χ0v) is 10.9. The molecule has 5 nitrogen and oxygen atoms in total. The summed E-state index contributed by atoms with van der Waals surface area (Å²) >= 11 is 0. The molecule has 0 aliphatic carbocycles. The minimum atomic E-state index is -1.01. The van der Waals surface area contributed by atoms with Gasteiger partial charge in [-0.1, -0.05) is 0 Å². The van der Waals surface area contributed by atoms with Crippen LogP contribution in [0, 0.1) is 0 Å². The number of carbonyl (C=O) groups is 1. The maximum absolute atomic E-state index is 10.8. The molecule has 1 atom stereocenters. The van der Waals surface area contributed by atoms with Gasteiger partial charge in [0, 0.05) is 19.6 Å². The van der Waals surface area contributed by atoms with Crippen molar-refractivity contribution in [3.8, 4) is 0 Å². The first-order valence-electron chi connectivity index (χ1n) is 6.33. The van der Waals surface area contributed by atoms with Crippen molar-refractivity contribution in [2.45, 2.75) is 19.4 Å². The van der Waals surface area contributed by atoms with Crippen LogP contribution in [-0.4, -0.2) is 54.1 Å². The van der Waals surface area contributed by atoms with Crippen LogP contribution < -0.4 is 0 Å². The summed E-state index contributed by atoms with van der Waals surface area (Å²) in [5, 5.41) is 8.86. The normalized spacial score (nSPS) is 20.6. The number of carboxylic acids is 1. The Kier molecular flexibility index (Phi) is 4.04. The van der Waals surface area contributed by atoms with Crippen LogP contribution in [-0.2, 0) is 0 Å². The number of likely N-dealkylation sites (N-methyl/N-ethyl adjacent to an activating group) is 1. The lowest BCUT2D eigenvalue weighted by Gasteiger charge is -2.25. The predicted molar refractivity (Wildman–Crippen MR) is 67.8 cm³/mol. The highest BCUT2D eigenvalue weighted by Crippen LogP contribution is 2.23. The SMILES string of the molecule is CC(c1ccc(C(=O)O)o1)N1CCCN(C)CC1. The first-order valence-corrected chi connectivity index (χ1v) is 6.33. The van der Waals surface area contributed by atoms with E-state index in [1.165, 1.54) is 6.07 Å². The quantitative estimate of drug-likeness (QED) is 0.887. The molecule has 1 aliphatic heterocycles. The molecule has 1 unspecified atom stereocenters. The van der Waals surface area contributed by atoms with E-state index in [9.17, 15) is 4.79 Å². The van der Waals surface area contributed by atoms with E-state index in [2.05, 4.69) is 23.8 Å². The van der Waals surface area contributed by atoms with Crippen molar-refractivity contribution >= 4 is 5.97 Å². The largest absolute Gasteiger partial charge is 0.475 e. The molecule has 2 heterocycles. The molecule has 1 aromatic rings. The van der Waals surface area contributed by atoms with Crippen molar-refractivity contribution in [1.82, 2.24) is 9.80 Å². The molecule has 1 saturated heterocycles. The van der Waals surface area contributed by atoms with Crippen LogP contribution in [0.1, 0.15) is 35.7 Å². The summed E-state index contributed by atoms with van der Waals surface area (Å²) in [6.07, 6.45) is 1.13. The Hall–Kier alpha value is -1.33. The first-order chi connectivity index (χ1) is 8.58. The monoisotopic (exact) mass is 252 g/mol. The lowest BCUT2D eigenvalue weighted by molar-refractivity contribution is 0.0656. The van der Waals surface area contributed by atoms with Crippen molar-refractivity contribution in [3.63, 3.8) is 0 Å². The second-order valence-electron chi connectivity index (χ2n) is 4.88. The number of carboxylic acid groups (broad SMARTS) is 1. The molecule has 1 N–H and O–H groups in total. The number of nitrogens with zero attached hydrogens (tertiary/aromatic N) is 2. The van der Waals surface area contributed by atoms with E-state index < -0.39 is 5.97 Å². The van der Waals surface area contributed by atoms with E-state index in [0.29, 0.717) is 0 Å². The summed E-state index contributed by atoms with van der Waals surface area (Å²) in [7, 11) is 2.13. The fourth-order valence-corrected chi connectivity index (χ4v) is 2.33. The summed E-state index contributed by atoms with van der Waals surface area (Å²) in [6, 6.07) is 3.42. The number of rotatable bonds is 3. The second kappa shape index (κ2) is 5.54. The fraction of sp³-hybridized carbons (Fsp3) is 0.615. The van der Waals surface area contributed by atoms with E-state index in [-0.39, 0.29) is 11.8 Å². The zero-order chi connectivity index (χ0) is 13.1. The van der Waals surface area contributed by atoms with Crippen LogP contribution in [0.15, 0.2) is 16.5 Å². The van der Waals surface area contributed by atoms with Crippen molar-refractivity contribution in [2.24, 2.45) is 0 Å². The van der Waals surface area contributed by atoms with Crippen LogP contribution in [0.4, 0.5) is 0 Å². The summed E-state index contributed by atoms with van der Waals surface area (Å²) in [5.41, 5.74) is 0. The molecule has 1 fully saturated rings. The molecule has 18 heavy (non-hydrogen) atoms. The third-order valence-electron chi connectivity index (χ3n) is 3.55. The molecule has 0 saturated carbocycles. The molecular weight excluding hydrogens is 232 g/mol. The molecule has 1 aliphatic rings. The van der Waals surface area contributed by atoms with Gasteiger partial charge >= 0.3 is 5.97 Å². The molecule has 1 aromatic heterocycles. The summed E-state index contributed by atoms with van der Waals surface area (Å²) in [6.45, 7) is 6.23. The Balaban J connectivity index is 2.05. The van der Waals surface area contributed by atoms with Crippen LogP contribution in [0.5, 0.6) is 0 Å². The van der Waals surface area contributed by atoms with E-state index in [0.717, 1.165) is 38.4 Å². The van der Waals surface area contributed by atoms with Gasteiger partial charge in [-0.05, 0) is 39.1 Å². The van der Waals surface area contributed by atoms with Crippen LogP contribution in [0.3, 0.4) is 0 Å². The molecule has 0 amide bonds. The first kappa shape index (κ1) is 13.1. The van der Waals surface area contributed by atoms with Crippen molar-refractivity contribution in [1.29, 1.82) is 0 Å². The summed E-state index contributed by atoms with van der Waals surface area (Å²) < 4.78 is 5.37. The van der Waals surface area contributed by atoms with E-state index in [1.54, 1.807) is 6.07 Å². The van der Waals surface area contributed by atoms with Crippen LogP contribution in [0.2, 0.25) is 0 Å². The molecule has 0 bridgehead atoms. The van der Waals surface area contributed by atoms with Crippen LogP contribution in [0.25, 0.3) is 0 Å². The average Bonchev–Trinajstić information content (AvgIpc) is 2.73. The molecule has 0 aromatic carbocycles. The molecule has 2 rings (SSSR count). The third kappa shape index (κ3) is 2.91. The van der Waals surface area contributed by atoms with Gasteiger partial charge in [0.1, 0.15) is 5.76 Å². The number of furan rings is 1. The van der Waals surface area contributed by atoms with Gasteiger partial charge in [-0.15, -0.1) is 0 Å². The molecule has 100 valence electrons. The molecule has 5 heteroatoms. The van der Waals surface area contributed by atoms with Gasteiger partial charge in [-0.3, -0.25) is 4.90 Å². The Labute approximate surface area is 107 Å². The van der Waals surface area contributed by atoms with Gasteiger partial charge in [0.15, 0.2) is 0 Å². The topological polar surface area (TPSA) is 56.9 Å². The van der Waals surface area contributed by atoms with Crippen molar-refractivity contribution < 1.29 is 14.3 Å². The van der Waals surface area contributed by atoms with Crippen LogP contribution >= 0.6 is 0 Å². The van der Waals surface area contributed by atoms with Gasteiger partial charge in [-0.25, -0.2) is 4.79 Å². The summed E-state index contributed by atoms with van der Waals surface area (Å²) in [4.78, 5) is 15.5. The van der Waals surface area contributed by atoms with Crippen molar-refractivity contribution in [3.05, 3.63) is 23.7 Å². The highest BCUT2D eigenvalue weighted by Gasteiger charge is 2.22. The van der Waals surface area contributed by atoms with Gasteiger partial charge < -0.3 is 14.4 Å². The number of aromatic carboxylic acids is 1. The average molecular weight is 252 g/mol. The summed E-state index contributed by atoms with van der Waals surface area (Å²) in [5.74, 6) is -0.259. The zero-order valence-electron chi connectivity index (χ0n) is 10.9. The lowest BCUT2D eigenvalue weighted by Crippen LogP contribution is -2.31. The fourth-order valence-electron chi connectivity index (χ4n) is 2.33.